The largest absolute Gasteiger partial charge is 0.339 e. The smallest absolute Gasteiger partial charge is 0.253 e. The molecule has 30 heavy (non-hydrogen) atoms. The maximum absolute atomic E-state index is 12.7. The van der Waals surface area contributed by atoms with Gasteiger partial charge in [-0.2, -0.15) is 5.26 Å². The lowest BCUT2D eigenvalue weighted by Crippen LogP contribution is -2.47. The first-order valence-electron chi connectivity index (χ1n) is 11.1. The van der Waals surface area contributed by atoms with Crippen molar-refractivity contribution in [2.45, 2.75) is 57.7 Å². The lowest BCUT2D eigenvalue weighted by Gasteiger charge is -2.42. The highest BCUT2D eigenvalue weighted by Crippen LogP contribution is 2.41. The van der Waals surface area contributed by atoms with Gasteiger partial charge in [0.25, 0.3) is 5.91 Å². The molecule has 0 aliphatic carbocycles. The zero-order chi connectivity index (χ0) is 21.1. The van der Waals surface area contributed by atoms with E-state index in [1.165, 1.54) is 0 Å². The minimum Gasteiger partial charge on any atom is -0.339 e. The Kier molecular flexibility index (Phi) is 5.94. The van der Waals surface area contributed by atoms with Gasteiger partial charge in [-0.3, -0.25) is 4.79 Å². The number of hydrogen-bond acceptors (Lipinski definition) is 4. The maximum atomic E-state index is 12.7. The number of rotatable bonds is 6. The number of benzene rings is 2. The second-order valence-corrected chi connectivity index (χ2v) is 8.25. The average molecular weight is 403 g/mol. The number of fused-ring (bicyclic) bond motifs is 2. The fraction of sp³-hybridized carbons (Fsp3) is 0.440. The van der Waals surface area contributed by atoms with Crippen LogP contribution in [0.1, 0.15) is 49.9 Å². The molecule has 2 aliphatic heterocycles. The van der Waals surface area contributed by atoms with E-state index in [0.717, 1.165) is 42.6 Å². The molecule has 2 bridgehead atoms. The molecule has 0 saturated carbocycles. The molecule has 5 nitrogen and oxygen atoms in total. The minimum absolute atomic E-state index is 0.0817. The van der Waals surface area contributed by atoms with Crippen molar-refractivity contribution < 1.29 is 4.79 Å². The number of hydrogen-bond donors (Lipinski definition) is 0. The van der Waals surface area contributed by atoms with Gasteiger partial charge in [-0.05, 0) is 75.9 Å². The first-order valence-corrected chi connectivity index (χ1v) is 11.1. The standard InChI is InChI=1S/C25H30N4O/c1-3-27(4-2)25(30)19-10-12-21(13-11-19)29(20-8-6-5-7-9-20)24-16-22-14-15-23(17-24)28(22)18-26/h5-13,22-24H,3-4,14-17H2,1-2H3/t22-,23+,24?. The van der Waals surface area contributed by atoms with Crippen molar-refractivity contribution in [3.8, 4) is 6.19 Å². The highest BCUT2D eigenvalue weighted by atomic mass is 16.2. The molecule has 0 spiro atoms. The predicted molar refractivity (Wildman–Crippen MR) is 120 cm³/mol. The van der Waals surface area contributed by atoms with Gasteiger partial charge in [-0.1, -0.05) is 18.2 Å². The Morgan fingerprint density at radius 3 is 2.07 bits per heavy atom. The summed E-state index contributed by atoms with van der Waals surface area (Å²) in [7, 11) is 0. The SMILES string of the molecule is CCN(CC)C(=O)c1ccc(N(c2ccccc2)C2C[C@H]3CC[C@@H](C2)N3C#N)cc1. The van der Waals surface area contributed by atoms with E-state index in [4.69, 9.17) is 0 Å². The van der Waals surface area contributed by atoms with Crippen LogP contribution >= 0.6 is 0 Å². The fourth-order valence-electron chi connectivity index (χ4n) is 5.14. The number of anilines is 2. The van der Waals surface area contributed by atoms with Crippen LogP contribution in [-0.4, -0.2) is 46.9 Å². The van der Waals surface area contributed by atoms with Crippen molar-refractivity contribution in [2.75, 3.05) is 18.0 Å². The van der Waals surface area contributed by atoms with Crippen molar-refractivity contribution in [1.82, 2.24) is 9.80 Å². The van der Waals surface area contributed by atoms with Crippen molar-refractivity contribution in [3.05, 3.63) is 60.2 Å². The van der Waals surface area contributed by atoms with E-state index in [9.17, 15) is 10.1 Å². The van der Waals surface area contributed by atoms with Gasteiger partial charge in [0.15, 0.2) is 6.19 Å². The summed E-state index contributed by atoms with van der Waals surface area (Å²) in [6.45, 7) is 5.45. The summed E-state index contributed by atoms with van der Waals surface area (Å²) in [6.07, 6.45) is 6.60. The third kappa shape index (κ3) is 3.75. The Balaban J connectivity index is 1.63. The van der Waals surface area contributed by atoms with Crippen LogP contribution < -0.4 is 4.90 Å². The van der Waals surface area contributed by atoms with Gasteiger partial charge >= 0.3 is 0 Å². The number of piperidine rings is 1. The normalized spacial score (nSPS) is 22.4. The lowest BCUT2D eigenvalue weighted by molar-refractivity contribution is 0.0773. The molecule has 2 heterocycles. The molecule has 0 aromatic heterocycles. The molecule has 156 valence electrons. The lowest BCUT2D eigenvalue weighted by atomic mass is 9.95. The number of carbonyl (C=O) groups is 1. The number of amides is 1. The van der Waals surface area contributed by atoms with E-state index in [2.05, 4.69) is 47.5 Å². The van der Waals surface area contributed by atoms with Crippen molar-refractivity contribution in [2.24, 2.45) is 0 Å². The zero-order valence-electron chi connectivity index (χ0n) is 17.9. The van der Waals surface area contributed by atoms with Crippen LogP contribution in [0.4, 0.5) is 11.4 Å². The first-order chi connectivity index (χ1) is 14.7. The molecule has 0 N–H and O–H groups in total. The first kappa shape index (κ1) is 20.3. The molecule has 2 fully saturated rings. The van der Waals surface area contributed by atoms with Crippen LogP contribution in [0.2, 0.25) is 0 Å². The summed E-state index contributed by atoms with van der Waals surface area (Å²) in [6, 6.07) is 19.5. The van der Waals surface area contributed by atoms with Crippen molar-refractivity contribution in [1.29, 1.82) is 5.26 Å². The maximum Gasteiger partial charge on any atom is 0.253 e. The van der Waals surface area contributed by atoms with Crippen molar-refractivity contribution in [3.63, 3.8) is 0 Å². The monoisotopic (exact) mass is 402 g/mol. The van der Waals surface area contributed by atoms with E-state index in [0.29, 0.717) is 31.2 Å². The third-order valence-corrected chi connectivity index (χ3v) is 6.67. The zero-order valence-corrected chi connectivity index (χ0v) is 17.9. The minimum atomic E-state index is 0.0817. The van der Waals surface area contributed by atoms with Crippen LogP contribution in [0.5, 0.6) is 0 Å². The van der Waals surface area contributed by atoms with Gasteiger partial charge in [-0.15, -0.1) is 0 Å². The molecule has 2 aliphatic rings. The fourth-order valence-corrected chi connectivity index (χ4v) is 5.14. The second-order valence-electron chi connectivity index (χ2n) is 8.25. The summed E-state index contributed by atoms with van der Waals surface area (Å²) in [4.78, 5) is 19.0. The van der Waals surface area contributed by atoms with Gasteiger partial charge in [0.1, 0.15) is 0 Å². The molecule has 1 amide bonds. The number of para-hydroxylation sites is 1. The number of carbonyl (C=O) groups excluding carboxylic acids is 1. The Morgan fingerprint density at radius 1 is 0.967 bits per heavy atom. The molecule has 4 rings (SSSR count). The molecule has 2 aromatic carbocycles. The van der Waals surface area contributed by atoms with Crippen LogP contribution in [0.3, 0.4) is 0 Å². The summed E-state index contributed by atoms with van der Waals surface area (Å²) < 4.78 is 0. The van der Waals surface area contributed by atoms with E-state index in [1.807, 2.05) is 41.8 Å². The Labute approximate surface area is 179 Å². The van der Waals surface area contributed by atoms with Crippen LogP contribution in [0.15, 0.2) is 54.6 Å². The van der Waals surface area contributed by atoms with Crippen LogP contribution in [0, 0.1) is 11.5 Å². The quantitative estimate of drug-likeness (QED) is 0.652. The van der Waals surface area contributed by atoms with E-state index >= 15 is 0 Å². The Hall–Kier alpha value is -3.00. The van der Waals surface area contributed by atoms with E-state index in [-0.39, 0.29) is 5.91 Å². The molecule has 5 heteroatoms. The third-order valence-electron chi connectivity index (χ3n) is 6.67. The topological polar surface area (TPSA) is 50.6 Å². The summed E-state index contributed by atoms with van der Waals surface area (Å²) in [5, 5.41) is 9.53. The molecular weight excluding hydrogens is 372 g/mol. The van der Waals surface area contributed by atoms with Crippen molar-refractivity contribution >= 4 is 17.3 Å². The van der Waals surface area contributed by atoms with Gasteiger partial charge < -0.3 is 14.7 Å². The van der Waals surface area contributed by atoms with Gasteiger partial charge in [-0.25, -0.2) is 0 Å². The van der Waals surface area contributed by atoms with E-state index < -0.39 is 0 Å². The molecule has 2 saturated heterocycles. The number of nitriles is 1. The highest BCUT2D eigenvalue weighted by Gasteiger charge is 2.42. The molecule has 2 aromatic rings. The highest BCUT2D eigenvalue weighted by molar-refractivity contribution is 5.94. The van der Waals surface area contributed by atoms with Gasteiger partial charge in [0.2, 0.25) is 0 Å². The van der Waals surface area contributed by atoms with E-state index in [1.54, 1.807) is 0 Å². The van der Waals surface area contributed by atoms with Crippen LogP contribution in [0.25, 0.3) is 0 Å². The summed E-state index contributed by atoms with van der Waals surface area (Å²) in [5.41, 5.74) is 3.00. The van der Waals surface area contributed by atoms with Gasteiger partial charge in [0, 0.05) is 48.2 Å². The number of nitrogens with zero attached hydrogens (tertiary/aromatic N) is 4. The predicted octanol–water partition coefficient (Wildman–Crippen LogP) is 4.78. The second kappa shape index (κ2) is 8.79. The Morgan fingerprint density at radius 2 is 1.53 bits per heavy atom. The summed E-state index contributed by atoms with van der Waals surface area (Å²) >= 11 is 0. The molecule has 3 atom stereocenters. The van der Waals surface area contributed by atoms with Crippen LogP contribution in [-0.2, 0) is 0 Å². The van der Waals surface area contributed by atoms with Gasteiger partial charge in [0.05, 0.1) is 0 Å². The molecule has 1 unspecified atom stereocenters. The Bertz CT molecular complexity index is 887. The molecule has 0 radical (unpaired) electrons. The average Bonchev–Trinajstić information content (AvgIpc) is 3.04. The molecular formula is C25H30N4O. The summed E-state index contributed by atoms with van der Waals surface area (Å²) in [5.74, 6) is 0.0817.